The van der Waals surface area contributed by atoms with Gasteiger partial charge in [-0.15, -0.1) is 0 Å². The molecular weight excluding hydrogens is 337 g/mol. The molecule has 2 amide bonds. The summed E-state index contributed by atoms with van der Waals surface area (Å²) in [6.07, 6.45) is -1.65. The van der Waals surface area contributed by atoms with E-state index < -0.39 is 23.6 Å². The van der Waals surface area contributed by atoms with E-state index in [2.05, 4.69) is 20.6 Å². The van der Waals surface area contributed by atoms with E-state index in [9.17, 15) is 22.8 Å². The molecule has 0 saturated heterocycles. The van der Waals surface area contributed by atoms with Crippen molar-refractivity contribution in [3.8, 4) is 0 Å². The van der Waals surface area contributed by atoms with Gasteiger partial charge in [-0.1, -0.05) is 0 Å². The van der Waals surface area contributed by atoms with Gasteiger partial charge in [-0.25, -0.2) is 4.98 Å². The van der Waals surface area contributed by atoms with Crippen LogP contribution in [0.15, 0.2) is 36.7 Å². The van der Waals surface area contributed by atoms with Gasteiger partial charge in [-0.05, 0) is 31.2 Å². The minimum atomic E-state index is -4.45. The molecule has 1 heterocycles. The zero-order valence-corrected chi connectivity index (χ0v) is 13.2. The molecule has 2 rings (SSSR count). The molecular formula is C16H15F3N4O2. The standard InChI is InChI=1S/C16H15F3N4O2/c1-10-8-23-13(9-22-10)15(25)21-7-6-20-14(24)11-2-4-12(5-3-11)16(17,18)19/h2-5,8-9H,6-7H2,1H3,(H,20,24)(H,21,25). The third-order valence-corrected chi connectivity index (χ3v) is 3.18. The van der Waals surface area contributed by atoms with Crippen molar-refractivity contribution in [3.05, 3.63) is 59.2 Å². The number of aromatic nitrogens is 2. The highest BCUT2D eigenvalue weighted by molar-refractivity contribution is 5.94. The van der Waals surface area contributed by atoms with Crippen molar-refractivity contribution in [1.82, 2.24) is 20.6 Å². The fourth-order valence-corrected chi connectivity index (χ4v) is 1.87. The minimum absolute atomic E-state index is 0.101. The van der Waals surface area contributed by atoms with Crippen LogP contribution in [0.4, 0.5) is 13.2 Å². The third kappa shape index (κ3) is 5.27. The molecule has 0 saturated carbocycles. The van der Waals surface area contributed by atoms with Gasteiger partial charge >= 0.3 is 6.18 Å². The lowest BCUT2D eigenvalue weighted by Gasteiger charge is -2.09. The van der Waals surface area contributed by atoms with Crippen molar-refractivity contribution in [3.63, 3.8) is 0 Å². The Morgan fingerprint density at radius 2 is 1.56 bits per heavy atom. The van der Waals surface area contributed by atoms with Gasteiger partial charge < -0.3 is 10.6 Å². The Balaban J connectivity index is 1.78. The van der Waals surface area contributed by atoms with Crippen LogP contribution in [0.5, 0.6) is 0 Å². The van der Waals surface area contributed by atoms with Crippen LogP contribution in [0.25, 0.3) is 0 Å². The number of rotatable bonds is 5. The molecule has 2 aromatic rings. The first-order valence-electron chi connectivity index (χ1n) is 7.29. The van der Waals surface area contributed by atoms with Gasteiger partial charge in [0.05, 0.1) is 17.5 Å². The average molecular weight is 352 g/mol. The number of hydrogen-bond donors (Lipinski definition) is 2. The molecule has 0 radical (unpaired) electrons. The predicted molar refractivity (Wildman–Crippen MR) is 82.9 cm³/mol. The summed E-state index contributed by atoms with van der Waals surface area (Å²) in [4.78, 5) is 31.5. The highest BCUT2D eigenvalue weighted by atomic mass is 19.4. The van der Waals surface area contributed by atoms with Crippen molar-refractivity contribution >= 4 is 11.8 Å². The molecule has 0 aliphatic heterocycles. The van der Waals surface area contributed by atoms with Crippen LogP contribution in [0.2, 0.25) is 0 Å². The number of alkyl halides is 3. The summed E-state index contributed by atoms with van der Waals surface area (Å²) in [5.41, 5.74) is 0.110. The quantitative estimate of drug-likeness (QED) is 0.806. The molecule has 0 fully saturated rings. The van der Waals surface area contributed by atoms with Crippen LogP contribution < -0.4 is 10.6 Å². The number of amides is 2. The van der Waals surface area contributed by atoms with E-state index in [1.807, 2.05) is 0 Å². The van der Waals surface area contributed by atoms with Crippen molar-refractivity contribution in [2.24, 2.45) is 0 Å². The van der Waals surface area contributed by atoms with E-state index >= 15 is 0 Å². The Labute approximate surface area is 141 Å². The summed E-state index contributed by atoms with van der Waals surface area (Å²) in [7, 11) is 0. The SMILES string of the molecule is Cc1cnc(C(=O)NCCNC(=O)c2ccc(C(F)(F)F)cc2)cn1. The number of aryl methyl sites for hydroxylation is 1. The second-order valence-corrected chi connectivity index (χ2v) is 5.13. The van der Waals surface area contributed by atoms with Crippen molar-refractivity contribution < 1.29 is 22.8 Å². The maximum atomic E-state index is 12.5. The first-order valence-corrected chi connectivity index (χ1v) is 7.29. The smallest absolute Gasteiger partial charge is 0.350 e. The summed E-state index contributed by atoms with van der Waals surface area (Å²) < 4.78 is 37.4. The Morgan fingerprint density at radius 1 is 0.960 bits per heavy atom. The number of carbonyl (C=O) groups is 2. The maximum absolute atomic E-state index is 12.5. The molecule has 132 valence electrons. The van der Waals surface area contributed by atoms with Crippen LogP contribution in [0.1, 0.15) is 32.1 Å². The summed E-state index contributed by atoms with van der Waals surface area (Å²) >= 11 is 0. The highest BCUT2D eigenvalue weighted by Crippen LogP contribution is 2.28. The third-order valence-electron chi connectivity index (χ3n) is 3.18. The predicted octanol–water partition coefficient (Wildman–Crippen LogP) is 1.96. The Morgan fingerprint density at radius 3 is 2.08 bits per heavy atom. The number of nitrogens with one attached hydrogen (secondary N) is 2. The van der Waals surface area contributed by atoms with E-state index in [0.717, 1.165) is 24.3 Å². The maximum Gasteiger partial charge on any atom is 0.416 e. The Kier molecular flexibility index (Phi) is 5.68. The molecule has 1 aromatic carbocycles. The number of hydrogen-bond acceptors (Lipinski definition) is 4. The molecule has 0 spiro atoms. The normalized spacial score (nSPS) is 11.0. The van der Waals surface area contributed by atoms with Gasteiger partial charge in [-0.2, -0.15) is 13.2 Å². The molecule has 6 nitrogen and oxygen atoms in total. The lowest BCUT2D eigenvalue weighted by atomic mass is 10.1. The van der Waals surface area contributed by atoms with E-state index in [1.165, 1.54) is 12.4 Å². The fourth-order valence-electron chi connectivity index (χ4n) is 1.87. The first-order chi connectivity index (χ1) is 11.8. The van der Waals surface area contributed by atoms with Crippen LogP contribution in [0.3, 0.4) is 0 Å². The lowest BCUT2D eigenvalue weighted by molar-refractivity contribution is -0.137. The second kappa shape index (κ2) is 7.73. The summed E-state index contributed by atoms with van der Waals surface area (Å²) in [6, 6.07) is 3.87. The Hall–Kier alpha value is -2.97. The minimum Gasteiger partial charge on any atom is -0.350 e. The first kappa shape index (κ1) is 18.4. The number of benzene rings is 1. The van der Waals surface area contributed by atoms with Crippen molar-refractivity contribution in [2.75, 3.05) is 13.1 Å². The van der Waals surface area contributed by atoms with Crippen molar-refractivity contribution in [2.45, 2.75) is 13.1 Å². The molecule has 2 N–H and O–H groups in total. The Bertz CT molecular complexity index is 743. The zero-order chi connectivity index (χ0) is 18.4. The largest absolute Gasteiger partial charge is 0.416 e. The molecule has 9 heteroatoms. The van der Waals surface area contributed by atoms with Gasteiger partial charge in [0.2, 0.25) is 0 Å². The zero-order valence-electron chi connectivity index (χ0n) is 13.2. The number of carbonyl (C=O) groups excluding carboxylic acids is 2. The van der Waals surface area contributed by atoms with Gasteiger partial charge in [0, 0.05) is 24.8 Å². The monoisotopic (exact) mass is 352 g/mol. The summed E-state index contributed by atoms with van der Waals surface area (Å²) in [6.45, 7) is 2.00. The molecule has 0 aliphatic rings. The lowest BCUT2D eigenvalue weighted by Crippen LogP contribution is -2.35. The van der Waals surface area contributed by atoms with Gasteiger partial charge in [0.1, 0.15) is 5.69 Å². The van der Waals surface area contributed by atoms with Gasteiger partial charge in [0.15, 0.2) is 0 Å². The highest BCUT2D eigenvalue weighted by Gasteiger charge is 2.30. The summed E-state index contributed by atoms with van der Waals surface area (Å²) in [5.74, 6) is -0.964. The summed E-state index contributed by atoms with van der Waals surface area (Å²) in [5, 5.41) is 5.05. The van der Waals surface area contributed by atoms with Crippen LogP contribution in [-0.4, -0.2) is 34.9 Å². The van der Waals surface area contributed by atoms with Crippen molar-refractivity contribution in [1.29, 1.82) is 0 Å². The van der Waals surface area contributed by atoms with E-state index in [1.54, 1.807) is 6.92 Å². The molecule has 0 bridgehead atoms. The number of nitrogens with zero attached hydrogens (tertiary/aromatic N) is 2. The van der Waals surface area contributed by atoms with Crippen LogP contribution in [0, 0.1) is 6.92 Å². The number of halogens is 3. The van der Waals surface area contributed by atoms with Gasteiger partial charge in [-0.3, -0.25) is 14.6 Å². The van der Waals surface area contributed by atoms with Gasteiger partial charge in [0.25, 0.3) is 11.8 Å². The topological polar surface area (TPSA) is 84.0 Å². The molecule has 0 aliphatic carbocycles. The average Bonchev–Trinajstić information content (AvgIpc) is 2.58. The van der Waals surface area contributed by atoms with Crippen LogP contribution >= 0.6 is 0 Å². The molecule has 0 atom stereocenters. The van der Waals surface area contributed by atoms with E-state index in [4.69, 9.17) is 0 Å². The van der Waals surface area contributed by atoms with E-state index in [-0.39, 0.29) is 24.3 Å². The van der Waals surface area contributed by atoms with E-state index in [0.29, 0.717) is 5.69 Å². The molecule has 25 heavy (non-hydrogen) atoms. The fraction of sp³-hybridized carbons (Fsp3) is 0.250. The molecule has 0 unspecified atom stereocenters. The second-order valence-electron chi connectivity index (χ2n) is 5.13. The molecule has 1 aromatic heterocycles. The van der Waals surface area contributed by atoms with Crippen LogP contribution in [-0.2, 0) is 6.18 Å².